The van der Waals surface area contributed by atoms with E-state index in [0.29, 0.717) is 11.4 Å². The first kappa shape index (κ1) is 16.2. The van der Waals surface area contributed by atoms with Gasteiger partial charge in [0.15, 0.2) is 5.88 Å². The van der Waals surface area contributed by atoms with Crippen molar-refractivity contribution in [2.45, 2.75) is 18.9 Å². The average Bonchev–Trinajstić information content (AvgIpc) is 2.58. The van der Waals surface area contributed by atoms with Crippen LogP contribution in [0.2, 0.25) is 5.02 Å². The molecule has 1 aliphatic heterocycles. The molecule has 120 valence electrons. The number of aliphatic hydroxyl groups is 1. The van der Waals surface area contributed by atoms with Gasteiger partial charge in [-0.2, -0.15) is 5.26 Å². The summed E-state index contributed by atoms with van der Waals surface area (Å²) in [5.74, 6) is 0.166. The predicted octanol–water partition coefficient (Wildman–Crippen LogP) is 4.40. The maximum atomic E-state index is 9.83. The third kappa shape index (κ3) is 3.79. The zero-order valence-corrected chi connectivity index (χ0v) is 13.8. The second-order valence-electron chi connectivity index (χ2n) is 5.73. The molecule has 4 heteroatoms. The van der Waals surface area contributed by atoms with Gasteiger partial charge >= 0.3 is 0 Å². The largest absolute Gasteiger partial charge is 0.495 e. The molecule has 0 aliphatic carbocycles. The Hall–Kier alpha value is -2.70. The molecule has 0 spiro atoms. The number of benzene rings is 2. The summed E-state index contributed by atoms with van der Waals surface area (Å²) in [5.41, 5.74) is 4.31. The minimum absolute atomic E-state index is 0.0296. The van der Waals surface area contributed by atoms with Crippen molar-refractivity contribution >= 4 is 17.2 Å². The fraction of sp³-hybridized carbons (Fsp3) is 0.150. The van der Waals surface area contributed by atoms with E-state index in [9.17, 15) is 5.11 Å². The molecule has 3 rings (SSSR count). The summed E-state index contributed by atoms with van der Waals surface area (Å²) in [6.45, 7) is 0. The van der Waals surface area contributed by atoms with E-state index in [1.165, 1.54) is 0 Å². The van der Waals surface area contributed by atoms with Gasteiger partial charge in [-0.25, -0.2) is 0 Å². The highest BCUT2D eigenvalue weighted by Gasteiger charge is 2.20. The van der Waals surface area contributed by atoms with Crippen molar-refractivity contribution in [1.82, 2.24) is 5.32 Å². The van der Waals surface area contributed by atoms with E-state index < -0.39 is 0 Å². The molecule has 0 radical (unpaired) electrons. The van der Waals surface area contributed by atoms with E-state index in [1.54, 1.807) is 6.08 Å². The van der Waals surface area contributed by atoms with Crippen molar-refractivity contribution in [1.29, 1.82) is 5.26 Å². The van der Waals surface area contributed by atoms with Crippen LogP contribution in [0.3, 0.4) is 0 Å². The molecule has 0 amide bonds. The number of rotatable bonds is 4. The van der Waals surface area contributed by atoms with Crippen LogP contribution in [-0.4, -0.2) is 11.1 Å². The van der Waals surface area contributed by atoms with Crippen LogP contribution in [0.15, 0.2) is 66.6 Å². The lowest BCUT2D eigenvalue weighted by molar-refractivity contribution is 0.351. The summed E-state index contributed by atoms with van der Waals surface area (Å²) < 4.78 is 0. The first-order valence-electron chi connectivity index (χ1n) is 7.74. The van der Waals surface area contributed by atoms with Crippen LogP contribution in [0, 0.1) is 11.3 Å². The molecule has 2 N–H and O–H groups in total. The number of allylic oxidation sites excluding steroid dienone is 2. The highest BCUT2D eigenvalue weighted by atomic mass is 35.5. The lowest BCUT2D eigenvalue weighted by Gasteiger charge is -2.26. The number of nitrogens with zero attached hydrogens (tertiary/aromatic N) is 1. The van der Waals surface area contributed by atoms with Gasteiger partial charge in [-0.1, -0.05) is 54.1 Å². The summed E-state index contributed by atoms with van der Waals surface area (Å²) in [7, 11) is 0. The van der Waals surface area contributed by atoms with Crippen LogP contribution >= 0.6 is 11.6 Å². The Kier molecular flexibility index (Phi) is 4.88. The Morgan fingerprint density at radius 3 is 2.33 bits per heavy atom. The maximum Gasteiger partial charge on any atom is 0.184 e. The molecule has 0 saturated heterocycles. The normalized spacial score (nSPS) is 16.6. The SMILES string of the molecule is N#CCc1ccc(C2=CC=C(O)NC2Cc2ccc(Cl)cc2)cc1. The number of hydrogen-bond donors (Lipinski definition) is 2. The van der Waals surface area contributed by atoms with Gasteiger partial charge in [0.1, 0.15) is 0 Å². The molecule has 1 atom stereocenters. The van der Waals surface area contributed by atoms with Crippen LogP contribution in [-0.2, 0) is 12.8 Å². The average molecular weight is 337 g/mol. The van der Waals surface area contributed by atoms with E-state index in [2.05, 4.69) is 11.4 Å². The van der Waals surface area contributed by atoms with Crippen LogP contribution in [0.1, 0.15) is 16.7 Å². The fourth-order valence-corrected chi connectivity index (χ4v) is 2.94. The Bertz CT molecular complexity index is 814. The van der Waals surface area contributed by atoms with Gasteiger partial charge in [0.05, 0.1) is 18.5 Å². The Morgan fingerprint density at radius 1 is 1.00 bits per heavy atom. The first-order chi connectivity index (χ1) is 11.7. The molecule has 1 heterocycles. The van der Waals surface area contributed by atoms with E-state index in [0.717, 1.165) is 28.7 Å². The standard InChI is InChI=1S/C20H17ClN2O/c21-17-7-3-15(4-8-17)13-19-18(9-10-20(24)23-19)16-5-1-14(2-6-16)11-12-22/h1-10,19,23-24H,11,13H2. The smallest absolute Gasteiger partial charge is 0.184 e. The van der Waals surface area contributed by atoms with Gasteiger partial charge < -0.3 is 10.4 Å². The number of hydrogen-bond acceptors (Lipinski definition) is 3. The molecule has 0 saturated carbocycles. The van der Waals surface area contributed by atoms with Crippen LogP contribution in [0.25, 0.3) is 5.57 Å². The van der Waals surface area contributed by atoms with Crippen LogP contribution < -0.4 is 5.32 Å². The first-order valence-corrected chi connectivity index (χ1v) is 8.11. The molecule has 3 nitrogen and oxygen atoms in total. The summed E-state index contributed by atoms with van der Waals surface area (Å²) in [6, 6.07) is 17.8. The van der Waals surface area contributed by atoms with Gasteiger partial charge in [-0.3, -0.25) is 0 Å². The minimum atomic E-state index is -0.0296. The third-order valence-electron chi connectivity index (χ3n) is 4.04. The Morgan fingerprint density at radius 2 is 1.67 bits per heavy atom. The summed E-state index contributed by atoms with van der Waals surface area (Å²) in [6.07, 6.45) is 4.75. The van der Waals surface area contributed by atoms with Gasteiger partial charge in [-0.05, 0) is 46.9 Å². The van der Waals surface area contributed by atoms with Crippen molar-refractivity contribution in [3.63, 3.8) is 0 Å². The van der Waals surface area contributed by atoms with Crippen molar-refractivity contribution in [2.75, 3.05) is 0 Å². The van der Waals surface area contributed by atoms with Gasteiger partial charge in [0, 0.05) is 5.02 Å². The second-order valence-corrected chi connectivity index (χ2v) is 6.17. The van der Waals surface area contributed by atoms with E-state index >= 15 is 0 Å². The predicted molar refractivity (Wildman–Crippen MR) is 96.5 cm³/mol. The molecule has 2 aromatic carbocycles. The Balaban J connectivity index is 1.85. The number of nitriles is 1. The molecule has 0 bridgehead atoms. The van der Waals surface area contributed by atoms with Crippen LogP contribution in [0.4, 0.5) is 0 Å². The molecule has 1 aliphatic rings. The summed E-state index contributed by atoms with van der Waals surface area (Å²) in [4.78, 5) is 0. The van der Waals surface area contributed by atoms with E-state index in [4.69, 9.17) is 16.9 Å². The molecule has 1 unspecified atom stereocenters. The topological polar surface area (TPSA) is 56.0 Å². The third-order valence-corrected chi connectivity index (χ3v) is 4.29. The summed E-state index contributed by atoms with van der Waals surface area (Å²) in [5, 5.41) is 22.4. The summed E-state index contributed by atoms with van der Waals surface area (Å²) >= 11 is 5.94. The number of dihydropyridines is 1. The molecule has 0 aromatic heterocycles. The van der Waals surface area contributed by atoms with E-state index in [-0.39, 0.29) is 11.9 Å². The van der Waals surface area contributed by atoms with Gasteiger partial charge in [0.25, 0.3) is 0 Å². The maximum absolute atomic E-state index is 9.83. The van der Waals surface area contributed by atoms with Gasteiger partial charge in [-0.15, -0.1) is 0 Å². The monoisotopic (exact) mass is 336 g/mol. The minimum Gasteiger partial charge on any atom is -0.495 e. The number of nitrogens with one attached hydrogen (secondary N) is 1. The number of halogens is 1. The Labute approximate surface area is 146 Å². The van der Waals surface area contributed by atoms with Crippen LogP contribution in [0.5, 0.6) is 0 Å². The second kappa shape index (κ2) is 7.25. The fourth-order valence-electron chi connectivity index (χ4n) is 2.81. The van der Waals surface area contributed by atoms with Crippen molar-refractivity contribution < 1.29 is 5.11 Å². The highest BCUT2D eigenvalue weighted by Crippen LogP contribution is 2.26. The zero-order chi connectivity index (χ0) is 16.9. The zero-order valence-electron chi connectivity index (χ0n) is 13.0. The highest BCUT2D eigenvalue weighted by molar-refractivity contribution is 6.30. The van der Waals surface area contributed by atoms with Crippen molar-refractivity contribution in [3.8, 4) is 6.07 Å². The molecule has 0 fully saturated rings. The molecule has 2 aromatic rings. The van der Waals surface area contributed by atoms with Gasteiger partial charge in [0.2, 0.25) is 0 Å². The van der Waals surface area contributed by atoms with E-state index in [1.807, 2.05) is 54.6 Å². The molecule has 24 heavy (non-hydrogen) atoms. The van der Waals surface area contributed by atoms with Crippen molar-refractivity contribution in [2.24, 2.45) is 0 Å². The lowest BCUT2D eigenvalue weighted by atomic mass is 9.91. The molecular formula is C20H17ClN2O. The number of aliphatic hydroxyl groups excluding tert-OH is 1. The quantitative estimate of drug-likeness (QED) is 0.869. The molecular weight excluding hydrogens is 320 g/mol. The lowest BCUT2D eigenvalue weighted by Crippen LogP contribution is -2.33. The van der Waals surface area contributed by atoms with Crippen molar-refractivity contribution in [3.05, 3.63) is 88.3 Å².